The summed E-state index contributed by atoms with van der Waals surface area (Å²) in [5, 5.41) is 3.10. The van der Waals surface area contributed by atoms with Crippen LogP contribution < -0.4 is 14.8 Å². The summed E-state index contributed by atoms with van der Waals surface area (Å²) in [6, 6.07) is 12.9. The minimum Gasteiger partial charge on any atom is -0.484 e. The summed E-state index contributed by atoms with van der Waals surface area (Å²) >= 11 is 0. The number of nitrogens with one attached hydrogen (secondary N) is 1. The van der Waals surface area contributed by atoms with E-state index >= 15 is 0 Å². The molecule has 2 aliphatic rings. The first kappa shape index (κ1) is 23.2. The summed E-state index contributed by atoms with van der Waals surface area (Å²) in [7, 11) is 0. The van der Waals surface area contributed by atoms with E-state index in [1.54, 1.807) is 12.1 Å². The van der Waals surface area contributed by atoms with E-state index in [1.807, 2.05) is 19.1 Å². The van der Waals surface area contributed by atoms with Crippen molar-refractivity contribution in [3.63, 3.8) is 0 Å². The van der Waals surface area contributed by atoms with Crippen LogP contribution >= 0.6 is 0 Å². The molecule has 176 valence electrons. The molecule has 0 saturated carbocycles. The van der Waals surface area contributed by atoms with Gasteiger partial charge in [-0.2, -0.15) is 13.2 Å². The normalized spacial score (nSPS) is 26.1. The molecule has 0 bridgehead atoms. The van der Waals surface area contributed by atoms with Gasteiger partial charge in [0.1, 0.15) is 22.6 Å². The standard InChI is InChI=1S/C26H28F3NO3/c1-16(2)26(30-18(4)31)22-13-20(32-15-25(27,28)29)9-10-23(22)33-24(26)12-11-19-7-5-6-8-21(19)17(3)14-24/h5-10,13,17H,1,11-12,14-15H2,2-4H3,(H,30,31). The zero-order valence-corrected chi connectivity index (χ0v) is 19.0. The lowest BCUT2D eigenvalue weighted by Crippen LogP contribution is -2.62. The van der Waals surface area contributed by atoms with Gasteiger partial charge in [0.15, 0.2) is 6.61 Å². The first-order chi connectivity index (χ1) is 15.5. The Morgan fingerprint density at radius 3 is 2.64 bits per heavy atom. The molecule has 1 spiro atoms. The Hall–Kier alpha value is -2.96. The number of carbonyl (C=O) groups excluding carboxylic acids is 1. The van der Waals surface area contributed by atoms with Crippen molar-refractivity contribution >= 4 is 5.91 Å². The van der Waals surface area contributed by atoms with Crippen molar-refractivity contribution in [1.29, 1.82) is 0 Å². The third-order valence-corrected chi connectivity index (χ3v) is 6.77. The van der Waals surface area contributed by atoms with Gasteiger partial charge in [0.05, 0.1) is 0 Å². The van der Waals surface area contributed by atoms with E-state index in [2.05, 4.69) is 31.0 Å². The number of amides is 1. The topological polar surface area (TPSA) is 47.6 Å². The van der Waals surface area contributed by atoms with Crippen molar-refractivity contribution in [1.82, 2.24) is 5.32 Å². The SMILES string of the molecule is C=C(C)C1(NC(C)=O)c2cc(OCC(F)(F)F)ccc2OC12CCc1ccccc1C(C)C2. The molecule has 1 aliphatic carbocycles. The van der Waals surface area contributed by atoms with Gasteiger partial charge >= 0.3 is 6.18 Å². The Morgan fingerprint density at radius 2 is 1.97 bits per heavy atom. The summed E-state index contributed by atoms with van der Waals surface area (Å²) in [5.41, 5.74) is 1.73. The summed E-state index contributed by atoms with van der Waals surface area (Å²) in [6.45, 7) is 8.20. The van der Waals surface area contributed by atoms with Crippen molar-refractivity contribution in [3.8, 4) is 11.5 Å². The number of rotatable bonds is 4. The number of halogens is 3. The molecule has 1 N–H and O–H groups in total. The molecule has 4 nitrogen and oxygen atoms in total. The Morgan fingerprint density at radius 1 is 1.24 bits per heavy atom. The van der Waals surface area contributed by atoms with E-state index in [0.717, 1.165) is 6.42 Å². The second-order valence-electron chi connectivity index (χ2n) is 9.17. The monoisotopic (exact) mass is 459 g/mol. The highest BCUT2D eigenvalue weighted by molar-refractivity contribution is 5.76. The van der Waals surface area contributed by atoms with Crippen LogP contribution in [0, 0.1) is 0 Å². The van der Waals surface area contributed by atoms with Crippen molar-refractivity contribution in [2.24, 2.45) is 0 Å². The fraction of sp³-hybridized carbons (Fsp3) is 0.423. The van der Waals surface area contributed by atoms with Crippen LogP contribution in [0.3, 0.4) is 0 Å². The highest BCUT2D eigenvalue weighted by atomic mass is 19.4. The summed E-state index contributed by atoms with van der Waals surface area (Å²) in [6.07, 6.45) is -2.51. The molecular weight excluding hydrogens is 431 g/mol. The van der Waals surface area contributed by atoms with E-state index in [-0.39, 0.29) is 17.6 Å². The Bertz CT molecular complexity index is 1100. The maximum atomic E-state index is 12.8. The summed E-state index contributed by atoms with van der Waals surface area (Å²) in [5.74, 6) is 0.438. The average molecular weight is 460 g/mol. The summed E-state index contributed by atoms with van der Waals surface area (Å²) in [4.78, 5) is 12.5. The van der Waals surface area contributed by atoms with Gasteiger partial charge in [-0.05, 0) is 67.0 Å². The molecule has 3 atom stereocenters. The number of aryl methyl sites for hydroxylation is 1. The predicted octanol–water partition coefficient (Wildman–Crippen LogP) is 5.81. The highest BCUT2D eigenvalue weighted by Crippen LogP contribution is 2.58. The van der Waals surface area contributed by atoms with Gasteiger partial charge in [-0.3, -0.25) is 4.79 Å². The summed E-state index contributed by atoms with van der Waals surface area (Å²) < 4.78 is 49.9. The van der Waals surface area contributed by atoms with Crippen LogP contribution in [-0.4, -0.2) is 24.3 Å². The van der Waals surface area contributed by atoms with Crippen LogP contribution in [0.1, 0.15) is 56.2 Å². The third kappa shape index (κ3) is 3.98. The first-order valence-corrected chi connectivity index (χ1v) is 11.0. The van der Waals surface area contributed by atoms with Gasteiger partial charge in [0, 0.05) is 12.5 Å². The number of fused-ring (bicyclic) bond motifs is 2. The number of hydrogen-bond acceptors (Lipinski definition) is 3. The molecule has 1 heterocycles. The van der Waals surface area contributed by atoms with E-state index < -0.39 is 23.9 Å². The third-order valence-electron chi connectivity index (χ3n) is 6.77. The zero-order chi connectivity index (χ0) is 24.0. The van der Waals surface area contributed by atoms with Crippen molar-refractivity contribution in [2.75, 3.05) is 6.61 Å². The molecule has 7 heteroatoms. The van der Waals surface area contributed by atoms with Gasteiger partial charge in [-0.25, -0.2) is 0 Å². The number of ether oxygens (including phenoxy) is 2. The van der Waals surface area contributed by atoms with Crippen LogP contribution in [0.4, 0.5) is 13.2 Å². The number of alkyl halides is 3. The maximum Gasteiger partial charge on any atom is 0.422 e. The smallest absolute Gasteiger partial charge is 0.422 e. The van der Waals surface area contributed by atoms with Crippen molar-refractivity contribution in [3.05, 3.63) is 71.3 Å². The van der Waals surface area contributed by atoms with Gasteiger partial charge in [-0.15, -0.1) is 0 Å². The fourth-order valence-electron chi connectivity index (χ4n) is 5.57. The second kappa shape index (κ2) is 8.12. The molecule has 0 saturated heterocycles. The Balaban J connectivity index is 1.84. The molecule has 1 aliphatic heterocycles. The van der Waals surface area contributed by atoms with Gasteiger partial charge in [0.2, 0.25) is 5.91 Å². The molecule has 3 unspecified atom stereocenters. The van der Waals surface area contributed by atoms with E-state index in [0.29, 0.717) is 29.7 Å². The lowest BCUT2D eigenvalue weighted by atomic mass is 9.67. The number of hydrogen-bond donors (Lipinski definition) is 1. The fourth-order valence-corrected chi connectivity index (χ4v) is 5.57. The van der Waals surface area contributed by atoms with Crippen molar-refractivity contribution in [2.45, 2.75) is 63.3 Å². The minimum atomic E-state index is -4.46. The molecule has 0 fully saturated rings. The second-order valence-corrected chi connectivity index (χ2v) is 9.17. The predicted molar refractivity (Wildman–Crippen MR) is 119 cm³/mol. The van der Waals surface area contributed by atoms with Gasteiger partial charge in [-0.1, -0.05) is 37.8 Å². The molecule has 4 rings (SSSR count). The lowest BCUT2D eigenvalue weighted by Gasteiger charge is -2.46. The van der Waals surface area contributed by atoms with Crippen LogP contribution in [0.25, 0.3) is 0 Å². The van der Waals surface area contributed by atoms with Gasteiger partial charge in [0.25, 0.3) is 0 Å². The van der Waals surface area contributed by atoms with Crippen LogP contribution in [0.2, 0.25) is 0 Å². The van der Waals surface area contributed by atoms with E-state index in [4.69, 9.17) is 9.47 Å². The largest absolute Gasteiger partial charge is 0.484 e. The number of benzene rings is 2. The molecule has 33 heavy (non-hydrogen) atoms. The first-order valence-electron chi connectivity index (χ1n) is 11.0. The van der Waals surface area contributed by atoms with Crippen molar-refractivity contribution < 1.29 is 27.4 Å². The molecule has 2 aromatic rings. The van der Waals surface area contributed by atoms with Crippen LogP contribution in [0.15, 0.2) is 54.6 Å². The lowest BCUT2D eigenvalue weighted by molar-refractivity contribution is -0.153. The van der Waals surface area contributed by atoms with Gasteiger partial charge < -0.3 is 14.8 Å². The molecular formula is C26H28F3NO3. The molecule has 2 aromatic carbocycles. The molecule has 1 amide bonds. The molecule has 0 aromatic heterocycles. The maximum absolute atomic E-state index is 12.8. The van der Waals surface area contributed by atoms with E-state index in [1.165, 1.54) is 24.1 Å². The van der Waals surface area contributed by atoms with E-state index in [9.17, 15) is 18.0 Å². The Kier molecular flexibility index (Phi) is 5.71. The van der Waals surface area contributed by atoms with Crippen LogP contribution in [0.5, 0.6) is 11.5 Å². The zero-order valence-electron chi connectivity index (χ0n) is 19.0. The Labute approximate surface area is 191 Å². The minimum absolute atomic E-state index is 0.0626. The molecule has 0 radical (unpaired) electrons. The quantitative estimate of drug-likeness (QED) is 0.588. The highest BCUT2D eigenvalue weighted by Gasteiger charge is 2.62. The average Bonchev–Trinajstić information content (AvgIpc) is 2.90. The van der Waals surface area contributed by atoms with Crippen LogP contribution in [-0.2, 0) is 16.8 Å². The number of carbonyl (C=O) groups is 1.